The summed E-state index contributed by atoms with van der Waals surface area (Å²) in [6.07, 6.45) is 37.1. The molecule has 0 aliphatic carbocycles. The lowest BCUT2D eigenvalue weighted by Crippen LogP contribution is -2.49. The van der Waals surface area contributed by atoms with Crippen LogP contribution >= 0.6 is 43.6 Å². The third-order valence-corrected chi connectivity index (χ3v) is 24.9. The Morgan fingerprint density at radius 1 is 0.603 bits per heavy atom. The summed E-state index contributed by atoms with van der Waals surface area (Å²) < 4.78 is 163. The standard InChI is InChI=1S/C18H34N2O3.C16H24BrNO3S2.C12H22BrNO5S.C12H25NO4S.2C7H14.2C4H9NO3S/c1-7-8-9-11-14(2)16(15(22-6)12-10-13-19)20-17(21)23-18(3,4)5;1-2-3-5-10-14(17)16-15(11-12-21-23(19,20)18-16)22-13-8-6-4-7-9-13;1-3-4-5-6-10(13)12-11(19-9(2)15)7-8-18-20(16,17)14-12;1-4-5-6-7-10(2)12-11(16-3)8-9-17-18(14,15)13-12;2*1-3-5-7-6-4-2;2*1-2-3-4-8-9(5,6)7/h14-16H,7-12H2,1-6H3,(H,20,21);4,6-9,14-16,18H,2-3,5,10-12H2,1H3;10-12,14H,3-8H2,1-2H3;10-13H,4-9H2,1-3H3;2*3H,1,4-7H2,2H3;2*2H,1,3-4H2,(H2,5,6,7)/t2*14-,15+,16+;2*10-,11+,12?;;;;/m0000..../s1. The number of unbranched alkanes of at least 4 members (excludes halogenated alkanes) is 14. The number of carbonyl (C=O) groups is 2. The van der Waals surface area contributed by atoms with Gasteiger partial charge in [0.25, 0.3) is 0 Å². The van der Waals surface area contributed by atoms with Crippen LogP contribution in [-0.4, -0.2) is 164 Å². The van der Waals surface area contributed by atoms with Crippen molar-refractivity contribution in [2.75, 3.05) is 47.3 Å². The molecule has 0 aromatic heterocycles. The summed E-state index contributed by atoms with van der Waals surface area (Å²) in [5.41, 5.74) is -0.532. The zero-order valence-corrected chi connectivity index (χ0v) is 80.4. The smallest absolute Gasteiger partial charge is 0.407 e. The van der Waals surface area contributed by atoms with Gasteiger partial charge in [-0.1, -0.05) is 232 Å². The lowest BCUT2D eigenvalue weighted by Gasteiger charge is -2.32. The number of nitrogens with one attached hydrogen (secondary N) is 4. The maximum absolute atomic E-state index is 12.1. The molecule has 3 aliphatic rings. The van der Waals surface area contributed by atoms with Crippen LogP contribution in [0.5, 0.6) is 0 Å². The molecular weight excluding hydrogens is 1750 g/mol. The Morgan fingerprint density at radius 3 is 1.40 bits per heavy atom. The highest BCUT2D eigenvalue weighted by atomic mass is 79.9. The summed E-state index contributed by atoms with van der Waals surface area (Å²) in [6.45, 7) is 38.6. The van der Waals surface area contributed by atoms with Gasteiger partial charge in [0.2, 0.25) is 0 Å². The molecule has 28 nitrogen and oxygen atoms in total. The molecule has 8 N–H and O–H groups in total. The van der Waals surface area contributed by atoms with Gasteiger partial charge in [-0.15, -0.1) is 38.1 Å². The number of amides is 1. The predicted molar refractivity (Wildman–Crippen MR) is 477 cm³/mol. The van der Waals surface area contributed by atoms with Gasteiger partial charge in [-0.25, -0.2) is 15.1 Å². The van der Waals surface area contributed by atoms with Gasteiger partial charge in [-0.05, 0) is 128 Å². The number of esters is 1. The molecule has 4 rings (SSSR count). The topological polar surface area (TPSA) is 412 Å². The molecule has 2 unspecified atom stereocenters. The molecule has 12 atom stereocenters. The second-order valence-corrected chi connectivity index (χ2v) is 39.2. The van der Waals surface area contributed by atoms with Gasteiger partial charge in [0, 0.05) is 59.8 Å². The van der Waals surface area contributed by atoms with Crippen LogP contribution in [0.15, 0.2) is 85.8 Å². The number of halogens is 2. The number of nitriles is 1. The van der Waals surface area contributed by atoms with E-state index in [0.29, 0.717) is 44.9 Å². The molecule has 0 bridgehead atoms. The second-order valence-electron chi connectivity index (χ2n) is 29.0. The van der Waals surface area contributed by atoms with Crippen LogP contribution in [-0.2, 0) is 96.2 Å². The number of methoxy groups -OCH3 is 2. The van der Waals surface area contributed by atoms with E-state index in [1.807, 2.05) is 51.1 Å². The fraction of sp³-hybridized carbons (Fsp3) is 0.787. The second kappa shape index (κ2) is 72.5. The summed E-state index contributed by atoms with van der Waals surface area (Å²) in [4.78, 5) is 24.5. The van der Waals surface area contributed by atoms with Crippen LogP contribution in [0, 0.1) is 23.2 Å². The molecule has 0 radical (unpaired) electrons. The summed E-state index contributed by atoms with van der Waals surface area (Å²) >= 11 is 8.94. The molecule has 3 heterocycles. The zero-order valence-electron chi connectivity index (χ0n) is 72.3. The summed E-state index contributed by atoms with van der Waals surface area (Å²) in [5.74, 6) is 0.0880. The van der Waals surface area contributed by atoms with Crippen LogP contribution in [0.4, 0.5) is 4.79 Å². The highest BCUT2D eigenvalue weighted by molar-refractivity contribution is 9.09. The SMILES string of the molecule is C=CCCCCC.C=CCCCCC.C=CCCOS(N)(=O)=O.C=CCCOS(N)(=O)=O.CCCCC[C@H](Br)C1NS(=O)(=O)OCC[C@H]1OC(C)=O.CCCCC[C@H](Br)[C@H]1NS(=O)(=O)OCC[C@H]1Sc1ccccc1.CCCCC[C@H](C)C1NS(=O)(=O)OCC[C@H]1OC.CCCCC[C@H](C)[C@@H](NC(=O)OC(C)(C)C)[C@@H](CCC#N)OC. The number of hydrogen-bond donors (Lipinski definition) is 6. The maximum Gasteiger partial charge on any atom is 0.407 e. The van der Waals surface area contributed by atoms with E-state index in [-0.39, 0.29) is 90.1 Å². The Hall–Kier alpha value is -3.01. The van der Waals surface area contributed by atoms with Gasteiger partial charge in [0.1, 0.15) is 11.7 Å². The lowest BCUT2D eigenvalue weighted by molar-refractivity contribution is -0.148. The van der Waals surface area contributed by atoms with E-state index in [9.17, 15) is 51.7 Å². The predicted octanol–water partition coefficient (Wildman–Crippen LogP) is 17.3. The number of hydrogen-bond acceptors (Lipinski definition) is 23. The molecule has 1 aromatic rings. The Morgan fingerprint density at radius 2 is 1.00 bits per heavy atom. The molecule has 1 aromatic carbocycles. The number of nitrogens with zero attached hydrogens (tertiary/aromatic N) is 1. The highest BCUT2D eigenvalue weighted by Gasteiger charge is 2.39. The first-order valence-corrected chi connectivity index (χ1v) is 50.8. The molecule has 0 spiro atoms. The number of carbonyl (C=O) groups excluding carboxylic acids is 2. The number of alkyl halides is 2. The van der Waals surface area contributed by atoms with Crippen molar-refractivity contribution in [3.63, 3.8) is 0 Å². The molecule has 682 valence electrons. The van der Waals surface area contributed by atoms with Gasteiger partial charge in [0.05, 0.1) is 69.4 Å². The van der Waals surface area contributed by atoms with E-state index < -0.39 is 81.3 Å². The van der Waals surface area contributed by atoms with E-state index in [0.717, 1.165) is 81.9 Å². The minimum atomic E-state index is -3.78. The number of ether oxygens (including phenoxy) is 4. The van der Waals surface area contributed by atoms with Gasteiger partial charge >= 0.3 is 63.6 Å². The van der Waals surface area contributed by atoms with Gasteiger partial charge in [0.15, 0.2) is 0 Å². The molecule has 3 aliphatic heterocycles. The normalized spacial score (nSPS) is 20.3. The highest BCUT2D eigenvalue weighted by Crippen LogP contribution is 2.34. The van der Waals surface area contributed by atoms with Crippen molar-refractivity contribution in [3.8, 4) is 6.07 Å². The van der Waals surface area contributed by atoms with Gasteiger partial charge in [-0.3, -0.25) is 25.7 Å². The number of allylic oxidation sites excluding steroid dienone is 2. The molecule has 1 amide bonds. The average Bonchev–Trinajstić information content (AvgIpc) is 1.69. The van der Waals surface area contributed by atoms with Crippen LogP contribution in [0.25, 0.3) is 0 Å². The van der Waals surface area contributed by atoms with Crippen molar-refractivity contribution >= 4 is 107 Å². The van der Waals surface area contributed by atoms with E-state index >= 15 is 0 Å². The first-order chi connectivity index (χ1) is 54.6. The Bertz CT molecular complexity index is 3260. The van der Waals surface area contributed by atoms with E-state index in [1.54, 1.807) is 38.1 Å². The van der Waals surface area contributed by atoms with Crippen molar-refractivity contribution in [1.29, 1.82) is 5.26 Å². The van der Waals surface area contributed by atoms with E-state index in [2.05, 4.69) is 170 Å². The molecule has 0 saturated carbocycles. The quantitative estimate of drug-likeness (QED) is 0.0153. The number of thioether (sulfide) groups is 1. The third kappa shape index (κ3) is 70.5. The van der Waals surface area contributed by atoms with E-state index in [1.165, 1.54) is 84.0 Å². The van der Waals surface area contributed by atoms with Crippen molar-refractivity contribution in [1.82, 2.24) is 19.5 Å². The third-order valence-electron chi connectivity index (χ3n) is 17.4. The van der Waals surface area contributed by atoms with Gasteiger partial charge in [-0.2, -0.15) is 61.5 Å². The number of alkyl carbamates (subject to hydrolysis) is 1. The van der Waals surface area contributed by atoms with Crippen LogP contribution in [0.3, 0.4) is 0 Å². The number of nitrogens with two attached hydrogens (primary N) is 2. The van der Waals surface area contributed by atoms with Crippen LogP contribution in [0.1, 0.15) is 282 Å². The summed E-state index contributed by atoms with van der Waals surface area (Å²) in [5, 5.41) is 20.9. The summed E-state index contributed by atoms with van der Waals surface area (Å²) in [7, 11) is -15.3. The fourth-order valence-corrected chi connectivity index (χ4v) is 18.7. The number of rotatable bonds is 45. The maximum atomic E-state index is 12.1. The minimum absolute atomic E-state index is 0.0124. The largest absolute Gasteiger partial charge is 0.461 e. The first kappa shape index (κ1) is 119. The fourth-order valence-electron chi connectivity index (χ4n) is 11.3. The zero-order chi connectivity index (χ0) is 89.1. The van der Waals surface area contributed by atoms with Crippen LogP contribution < -0.4 is 29.8 Å². The number of benzene rings is 1. The monoisotopic (exact) mass is 1900 g/mol. The van der Waals surface area contributed by atoms with Gasteiger partial charge < -0.3 is 24.3 Å². The molecule has 116 heavy (non-hydrogen) atoms. The minimum Gasteiger partial charge on any atom is -0.461 e. The van der Waals surface area contributed by atoms with Crippen molar-refractivity contribution in [2.45, 2.75) is 350 Å². The molecule has 36 heteroatoms. The van der Waals surface area contributed by atoms with Crippen molar-refractivity contribution < 1.29 is 91.5 Å². The molecular formula is C80H151Br2N7O21S6. The Kier molecular flexibility index (Phi) is 74.5. The molecule has 3 fully saturated rings. The summed E-state index contributed by atoms with van der Waals surface area (Å²) in [6, 6.07) is 11.2. The average molecular weight is 1900 g/mol. The van der Waals surface area contributed by atoms with E-state index in [4.69, 9.17) is 36.8 Å². The Balaban J connectivity index is -0.000000642. The van der Waals surface area contributed by atoms with Crippen molar-refractivity contribution in [2.24, 2.45) is 22.1 Å². The first-order valence-electron chi connectivity index (χ1n) is 40.9. The van der Waals surface area contributed by atoms with Crippen molar-refractivity contribution in [3.05, 3.63) is 81.0 Å². The van der Waals surface area contributed by atoms with Crippen LogP contribution in [0.2, 0.25) is 0 Å². The molecule has 3 saturated heterocycles. The lowest BCUT2D eigenvalue weighted by atomic mass is 9.89. The Labute approximate surface area is 724 Å².